The van der Waals surface area contributed by atoms with Crippen LogP contribution in [-0.2, 0) is 5.54 Å². The fraction of sp³-hybridized carbons (Fsp3) is 0.273. The van der Waals surface area contributed by atoms with E-state index < -0.39 is 5.54 Å². The van der Waals surface area contributed by atoms with Crippen molar-refractivity contribution in [3.63, 3.8) is 0 Å². The van der Waals surface area contributed by atoms with Crippen LogP contribution in [0.25, 0.3) is 5.69 Å². The lowest BCUT2D eigenvalue weighted by Gasteiger charge is -2.13. The van der Waals surface area contributed by atoms with Gasteiger partial charge >= 0.3 is 0 Å². The van der Waals surface area contributed by atoms with Crippen molar-refractivity contribution in [2.45, 2.75) is 19.4 Å². The molecule has 17 heavy (non-hydrogen) atoms. The number of halogens is 2. The Morgan fingerprint density at radius 3 is 2.71 bits per heavy atom. The van der Waals surface area contributed by atoms with Crippen LogP contribution in [0.3, 0.4) is 0 Å². The summed E-state index contributed by atoms with van der Waals surface area (Å²) in [6, 6.07) is 6.05. The SMILES string of the molecule is CC(C)(N)c1cn(-c2cc(I)ccc2Br)nn1. The molecule has 0 amide bonds. The first-order valence-electron chi connectivity index (χ1n) is 5.05. The van der Waals surface area contributed by atoms with Gasteiger partial charge in [0.2, 0.25) is 0 Å². The predicted molar refractivity (Wildman–Crippen MR) is 79.0 cm³/mol. The molecular formula is C11H12BrIN4. The molecule has 0 saturated carbocycles. The zero-order valence-corrected chi connectivity index (χ0v) is 13.2. The number of nitrogens with two attached hydrogens (primary N) is 1. The third-order valence-electron chi connectivity index (χ3n) is 2.31. The Labute approximate surface area is 122 Å². The molecule has 1 aromatic heterocycles. The van der Waals surface area contributed by atoms with Crippen LogP contribution in [0.4, 0.5) is 0 Å². The second-order valence-corrected chi connectivity index (χ2v) is 6.47. The average molecular weight is 407 g/mol. The Morgan fingerprint density at radius 1 is 1.41 bits per heavy atom. The summed E-state index contributed by atoms with van der Waals surface area (Å²) in [6.07, 6.45) is 1.86. The van der Waals surface area contributed by atoms with Gasteiger partial charge in [-0.2, -0.15) is 0 Å². The molecular weight excluding hydrogens is 395 g/mol. The van der Waals surface area contributed by atoms with E-state index in [1.165, 1.54) is 0 Å². The molecule has 1 heterocycles. The number of nitrogens with zero attached hydrogens (tertiary/aromatic N) is 3. The van der Waals surface area contributed by atoms with Crippen molar-refractivity contribution >= 4 is 38.5 Å². The van der Waals surface area contributed by atoms with Gasteiger partial charge in [0, 0.05) is 8.04 Å². The van der Waals surface area contributed by atoms with Crippen molar-refractivity contribution in [2.24, 2.45) is 5.73 Å². The molecule has 0 bridgehead atoms. The number of aromatic nitrogens is 3. The molecule has 2 rings (SSSR count). The number of rotatable bonds is 2. The van der Waals surface area contributed by atoms with Gasteiger partial charge in [-0.15, -0.1) is 5.10 Å². The van der Waals surface area contributed by atoms with E-state index in [9.17, 15) is 0 Å². The Balaban J connectivity index is 2.47. The van der Waals surface area contributed by atoms with E-state index in [0.29, 0.717) is 0 Å². The molecule has 0 aliphatic rings. The minimum atomic E-state index is -0.480. The van der Waals surface area contributed by atoms with E-state index in [0.717, 1.165) is 19.4 Å². The summed E-state index contributed by atoms with van der Waals surface area (Å²) in [5, 5.41) is 8.21. The molecule has 1 aromatic carbocycles. The smallest absolute Gasteiger partial charge is 0.102 e. The quantitative estimate of drug-likeness (QED) is 0.780. The number of benzene rings is 1. The van der Waals surface area contributed by atoms with Crippen molar-refractivity contribution in [3.8, 4) is 5.69 Å². The summed E-state index contributed by atoms with van der Waals surface area (Å²) in [5.74, 6) is 0. The molecule has 0 aliphatic carbocycles. The summed E-state index contributed by atoms with van der Waals surface area (Å²) >= 11 is 5.77. The lowest BCUT2D eigenvalue weighted by atomic mass is 10.0. The Kier molecular flexibility index (Phi) is 3.55. The largest absolute Gasteiger partial charge is 0.320 e. The minimum absolute atomic E-state index is 0.480. The summed E-state index contributed by atoms with van der Waals surface area (Å²) in [6.45, 7) is 3.82. The van der Waals surface area contributed by atoms with Crippen LogP contribution in [-0.4, -0.2) is 15.0 Å². The van der Waals surface area contributed by atoms with Crippen LogP contribution in [0.1, 0.15) is 19.5 Å². The molecule has 6 heteroatoms. The second-order valence-electron chi connectivity index (χ2n) is 4.37. The standard InChI is InChI=1S/C11H12BrIN4/c1-11(2,14)10-6-17(16-15-10)9-5-7(13)3-4-8(9)12/h3-6H,14H2,1-2H3. The molecule has 4 nitrogen and oxygen atoms in total. The van der Waals surface area contributed by atoms with Gasteiger partial charge in [-0.3, -0.25) is 0 Å². The fourth-order valence-electron chi connectivity index (χ4n) is 1.34. The molecule has 2 N–H and O–H groups in total. The van der Waals surface area contributed by atoms with Crippen molar-refractivity contribution in [1.29, 1.82) is 0 Å². The number of hydrogen-bond donors (Lipinski definition) is 1. The van der Waals surface area contributed by atoms with Gasteiger partial charge in [-0.25, -0.2) is 4.68 Å². The highest BCUT2D eigenvalue weighted by atomic mass is 127. The maximum absolute atomic E-state index is 5.99. The van der Waals surface area contributed by atoms with Gasteiger partial charge in [-0.05, 0) is 70.6 Å². The van der Waals surface area contributed by atoms with Crippen molar-refractivity contribution < 1.29 is 0 Å². The number of hydrogen-bond acceptors (Lipinski definition) is 3. The van der Waals surface area contributed by atoms with E-state index >= 15 is 0 Å². The zero-order valence-electron chi connectivity index (χ0n) is 9.48. The molecule has 0 radical (unpaired) electrons. The van der Waals surface area contributed by atoms with Crippen LogP contribution in [0, 0.1) is 3.57 Å². The van der Waals surface area contributed by atoms with Crippen LogP contribution in [0.5, 0.6) is 0 Å². The first kappa shape index (κ1) is 13.0. The van der Waals surface area contributed by atoms with Gasteiger partial charge in [0.15, 0.2) is 0 Å². The van der Waals surface area contributed by atoms with Gasteiger partial charge in [0.25, 0.3) is 0 Å². The first-order chi connectivity index (χ1) is 7.88. The van der Waals surface area contributed by atoms with Gasteiger partial charge in [0.1, 0.15) is 5.69 Å². The molecule has 0 saturated heterocycles. The highest BCUT2D eigenvalue weighted by Gasteiger charge is 2.19. The monoisotopic (exact) mass is 406 g/mol. The molecule has 0 aliphatic heterocycles. The second kappa shape index (κ2) is 4.66. The summed E-state index contributed by atoms with van der Waals surface area (Å²) in [4.78, 5) is 0. The fourth-order valence-corrected chi connectivity index (χ4v) is 2.24. The lowest BCUT2D eigenvalue weighted by Crippen LogP contribution is -2.29. The third-order valence-corrected chi connectivity index (χ3v) is 3.65. The molecule has 0 unspecified atom stereocenters. The first-order valence-corrected chi connectivity index (χ1v) is 6.92. The van der Waals surface area contributed by atoms with E-state index in [1.807, 2.05) is 38.2 Å². The highest BCUT2D eigenvalue weighted by molar-refractivity contribution is 14.1. The maximum Gasteiger partial charge on any atom is 0.102 e. The van der Waals surface area contributed by atoms with Crippen LogP contribution in [0.15, 0.2) is 28.9 Å². The van der Waals surface area contributed by atoms with E-state index in [1.54, 1.807) is 4.68 Å². The predicted octanol–water partition coefficient (Wildman–Crippen LogP) is 2.83. The van der Waals surface area contributed by atoms with Crippen molar-refractivity contribution in [2.75, 3.05) is 0 Å². The Bertz CT molecular complexity index is 545. The molecule has 90 valence electrons. The maximum atomic E-state index is 5.99. The van der Waals surface area contributed by atoms with Gasteiger partial charge in [0.05, 0.1) is 17.4 Å². The zero-order chi connectivity index (χ0) is 12.6. The molecule has 2 aromatic rings. The topological polar surface area (TPSA) is 56.7 Å². The van der Waals surface area contributed by atoms with E-state index in [-0.39, 0.29) is 0 Å². The molecule has 0 atom stereocenters. The van der Waals surface area contributed by atoms with Gasteiger partial charge < -0.3 is 5.73 Å². The van der Waals surface area contributed by atoms with Crippen LogP contribution >= 0.6 is 38.5 Å². The van der Waals surface area contributed by atoms with Crippen molar-refractivity contribution in [1.82, 2.24) is 15.0 Å². The van der Waals surface area contributed by atoms with Crippen LogP contribution < -0.4 is 5.73 Å². The summed E-state index contributed by atoms with van der Waals surface area (Å²) in [7, 11) is 0. The summed E-state index contributed by atoms with van der Waals surface area (Å²) in [5.41, 5.74) is 7.23. The molecule has 0 spiro atoms. The third kappa shape index (κ3) is 2.86. The lowest BCUT2D eigenvalue weighted by molar-refractivity contribution is 0.533. The van der Waals surface area contributed by atoms with Gasteiger partial charge in [-0.1, -0.05) is 5.21 Å². The Hall–Kier alpha value is -0.470. The molecule has 0 fully saturated rings. The normalized spacial score (nSPS) is 11.8. The van der Waals surface area contributed by atoms with Crippen LogP contribution in [0.2, 0.25) is 0 Å². The average Bonchev–Trinajstić information content (AvgIpc) is 2.70. The highest BCUT2D eigenvalue weighted by Crippen LogP contribution is 2.23. The Morgan fingerprint density at radius 2 is 2.12 bits per heavy atom. The minimum Gasteiger partial charge on any atom is -0.320 e. The van der Waals surface area contributed by atoms with E-state index in [4.69, 9.17) is 5.73 Å². The van der Waals surface area contributed by atoms with E-state index in [2.05, 4.69) is 48.8 Å². The summed E-state index contributed by atoms with van der Waals surface area (Å²) < 4.78 is 3.85. The van der Waals surface area contributed by atoms with Crippen molar-refractivity contribution in [3.05, 3.63) is 38.1 Å².